The minimum atomic E-state index is -0.125. The van der Waals surface area contributed by atoms with E-state index in [0.717, 1.165) is 18.4 Å². The number of rotatable bonds is 8. The molecule has 1 aromatic carbocycles. The highest BCUT2D eigenvalue weighted by Crippen LogP contribution is 2.27. The lowest BCUT2D eigenvalue weighted by Gasteiger charge is -2.36. The van der Waals surface area contributed by atoms with Gasteiger partial charge >= 0.3 is 0 Å². The lowest BCUT2D eigenvalue weighted by molar-refractivity contribution is -0.127. The van der Waals surface area contributed by atoms with Crippen LogP contribution in [0.4, 0.5) is 0 Å². The molecule has 5 nitrogen and oxygen atoms in total. The highest BCUT2D eigenvalue weighted by Gasteiger charge is 2.31. The van der Waals surface area contributed by atoms with Gasteiger partial charge in [-0.3, -0.25) is 9.59 Å². The van der Waals surface area contributed by atoms with Gasteiger partial charge in [0.1, 0.15) is 0 Å². The Balaban J connectivity index is 1.62. The number of ether oxygens (including phenoxy) is 1. The van der Waals surface area contributed by atoms with Crippen molar-refractivity contribution in [2.75, 3.05) is 20.3 Å². The van der Waals surface area contributed by atoms with Crippen molar-refractivity contribution in [3.63, 3.8) is 0 Å². The molecule has 2 atom stereocenters. The van der Waals surface area contributed by atoms with Crippen molar-refractivity contribution >= 4 is 11.8 Å². The zero-order valence-electron chi connectivity index (χ0n) is 13.9. The van der Waals surface area contributed by atoms with E-state index in [9.17, 15) is 9.59 Å². The standard InChI is InChI=1S/C18H26N2O3/c1-13-3-5-14(6-4-13)7-10-17(21)19-11-18(22)20-16-9-8-15(16)12-23-2/h3-6,15-16H,7-12H2,1-2H3,(H,19,21)(H,20,22)/t15-,16-/m1/s1. The van der Waals surface area contributed by atoms with Crippen molar-refractivity contribution < 1.29 is 14.3 Å². The Kier molecular flexibility index (Phi) is 6.59. The van der Waals surface area contributed by atoms with Crippen molar-refractivity contribution in [2.45, 2.75) is 38.6 Å². The molecule has 23 heavy (non-hydrogen) atoms. The van der Waals surface area contributed by atoms with Crippen molar-refractivity contribution in [2.24, 2.45) is 5.92 Å². The molecular formula is C18H26N2O3. The first-order valence-electron chi connectivity index (χ1n) is 8.19. The smallest absolute Gasteiger partial charge is 0.239 e. The van der Waals surface area contributed by atoms with E-state index in [1.807, 2.05) is 31.2 Å². The van der Waals surface area contributed by atoms with Gasteiger partial charge in [0.2, 0.25) is 11.8 Å². The maximum Gasteiger partial charge on any atom is 0.239 e. The van der Waals surface area contributed by atoms with E-state index in [4.69, 9.17) is 4.74 Å². The Bertz CT molecular complexity index is 528. The van der Waals surface area contributed by atoms with E-state index in [2.05, 4.69) is 10.6 Å². The lowest BCUT2D eigenvalue weighted by atomic mass is 9.80. The summed E-state index contributed by atoms with van der Waals surface area (Å²) in [5.74, 6) is 0.184. The third-order valence-corrected chi connectivity index (χ3v) is 4.35. The summed E-state index contributed by atoms with van der Waals surface area (Å²) in [5, 5.41) is 5.64. The third-order valence-electron chi connectivity index (χ3n) is 4.35. The van der Waals surface area contributed by atoms with Crippen LogP contribution in [0.15, 0.2) is 24.3 Å². The molecule has 126 valence electrons. The molecule has 1 aliphatic carbocycles. The summed E-state index contributed by atoms with van der Waals surface area (Å²) >= 11 is 0. The Morgan fingerprint density at radius 2 is 1.91 bits per heavy atom. The molecule has 0 spiro atoms. The van der Waals surface area contributed by atoms with E-state index < -0.39 is 0 Å². The van der Waals surface area contributed by atoms with Gasteiger partial charge in [0.05, 0.1) is 13.2 Å². The van der Waals surface area contributed by atoms with Crippen LogP contribution in [0, 0.1) is 12.8 Å². The number of nitrogens with one attached hydrogen (secondary N) is 2. The van der Waals surface area contributed by atoms with Gasteiger partial charge in [-0.1, -0.05) is 29.8 Å². The molecule has 2 amide bonds. The van der Waals surface area contributed by atoms with Crippen molar-refractivity contribution in [1.82, 2.24) is 10.6 Å². The molecule has 2 rings (SSSR count). The number of amides is 2. The van der Waals surface area contributed by atoms with Crippen LogP contribution in [0.1, 0.15) is 30.4 Å². The van der Waals surface area contributed by atoms with Crippen LogP contribution < -0.4 is 10.6 Å². The van der Waals surface area contributed by atoms with Gasteiger partial charge in [-0.15, -0.1) is 0 Å². The number of carbonyl (C=O) groups excluding carboxylic acids is 2. The molecule has 0 heterocycles. The Hall–Kier alpha value is -1.88. The summed E-state index contributed by atoms with van der Waals surface area (Å²) in [6, 6.07) is 8.32. The van der Waals surface area contributed by atoms with Gasteiger partial charge in [-0.05, 0) is 31.7 Å². The number of aryl methyl sites for hydroxylation is 2. The largest absolute Gasteiger partial charge is 0.384 e. The molecule has 0 bridgehead atoms. The predicted molar refractivity (Wildman–Crippen MR) is 89.0 cm³/mol. The van der Waals surface area contributed by atoms with Crippen LogP contribution in [0.5, 0.6) is 0 Å². The lowest BCUT2D eigenvalue weighted by Crippen LogP contribution is -2.51. The van der Waals surface area contributed by atoms with Crippen LogP contribution in [-0.2, 0) is 20.7 Å². The van der Waals surface area contributed by atoms with E-state index in [1.165, 1.54) is 5.56 Å². The van der Waals surface area contributed by atoms with Gasteiger partial charge in [0.25, 0.3) is 0 Å². The summed E-state index contributed by atoms with van der Waals surface area (Å²) in [7, 11) is 1.67. The number of hydrogen-bond acceptors (Lipinski definition) is 3. The minimum Gasteiger partial charge on any atom is -0.384 e. The normalized spacial score (nSPS) is 19.7. The quantitative estimate of drug-likeness (QED) is 0.765. The second kappa shape index (κ2) is 8.67. The van der Waals surface area contributed by atoms with Crippen LogP contribution in [0.2, 0.25) is 0 Å². The molecule has 1 fully saturated rings. The second-order valence-electron chi connectivity index (χ2n) is 6.23. The molecule has 0 radical (unpaired) electrons. The first-order valence-corrected chi connectivity index (χ1v) is 8.19. The summed E-state index contributed by atoms with van der Waals surface area (Å²) in [6.07, 6.45) is 3.15. The third kappa shape index (κ3) is 5.67. The summed E-state index contributed by atoms with van der Waals surface area (Å²) < 4.78 is 5.12. The van der Waals surface area contributed by atoms with Crippen LogP contribution in [0.3, 0.4) is 0 Å². The van der Waals surface area contributed by atoms with Crippen LogP contribution in [0.25, 0.3) is 0 Å². The summed E-state index contributed by atoms with van der Waals surface area (Å²) in [6.45, 7) is 2.76. The molecule has 1 aliphatic rings. The van der Waals surface area contributed by atoms with Gasteiger partial charge in [-0.2, -0.15) is 0 Å². The number of benzene rings is 1. The number of hydrogen-bond donors (Lipinski definition) is 2. The number of methoxy groups -OCH3 is 1. The number of carbonyl (C=O) groups is 2. The zero-order chi connectivity index (χ0) is 16.7. The van der Waals surface area contributed by atoms with Crippen molar-refractivity contribution in [1.29, 1.82) is 0 Å². The average Bonchev–Trinajstić information content (AvgIpc) is 2.54. The first kappa shape index (κ1) is 17.5. The average molecular weight is 318 g/mol. The van der Waals surface area contributed by atoms with E-state index in [-0.39, 0.29) is 24.4 Å². The molecule has 5 heteroatoms. The van der Waals surface area contributed by atoms with E-state index in [1.54, 1.807) is 7.11 Å². The monoisotopic (exact) mass is 318 g/mol. The van der Waals surface area contributed by atoms with Gasteiger partial charge in [0, 0.05) is 25.5 Å². The topological polar surface area (TPSA) is 67.4 Å². The fourth-order valence-corrected chi connectivity index (χ4v) is 2.71. The van der Waals surface area contributed by atoms with Crippen molar-refractivity contribution in [3.8, 4) is 0 Å². The summed E-state index contributed by atoms with van der Waals surface area (Å²) in [5.41, 5.74) is 2.34. The van der Waals surface area contributed by atoms with E-state index >= 15 is 0 Å². The molecule has 0 unspecified atom stereocenters. The van der Waals surface area contributed by atoms with Gasteiger partial charge in [-0.25, -0.2) is 0 Å². The van der Waals surface area contributed by atoms with Gasteiger partial charge < -0.3 is 15.4 Å². The fourth-order valence-electron chi connectivity index (χ4n) is 2.71. The maximum atomic E-state index is 11.8. The van der Waals surface area contributed by atoms with Crippen LogP contribution >= 0.6 is 0 Å². The highest BCUT2D eigenvalue weighted by atomic mass is 16.5. The molecular weight excluding hydrogens is 292 g/mol. The highest BCUT2D eigenvalue weighted by molar-refractivity contribution is 5.84. The Labute approximate surface area is 137 Å². The molecule has 0 saturated heterocycles. The minimum absolute atomic E-state index is 0.0446. The molecule has 2 N–H and O–H groups in total. The zero-order valence-corrected chi connectivity index (χ0v) is 13.9. The summed E-state index contributed by atoms with van der Waals surface area (Å²) in [4.78, 5) is 23.7. The second-order valence-corrected chi connectivity index (χ2v) is 6.23. The fraction of sp³-hybridized carbons (Fsp3) is 0.556. The molecule has 0 aliphatic heterocycles. The SMILES string of the molecule is COC[C@H]1CC[C@H]1NC(=O)CNC(=O)CCc1ccc(C)cc1. The molecule has 1 aromatic rings. The van der Waals surface area contributed by atoms with Crippen molar-refractivity contribution in [3.05, 3.63) is 35.4 Å². The van der Waals surface area contributed by atoms with E-state index in [0.29, 0.717) is 25.4 Å². The first-order chi connectivity index (χ1) is 11.1. The maximum absolute atomic E-state index is 11.8. The predicted octanol–water partition coefficient (Wildman–Crippen LogP) is 1.59. The Morgan fingerprint density at radius 3 is 2.52 bits per heavy atom. The molecule has 1 saturated carbocycles. The van der Waals surface area contributed by atoms with Crippen LogP contribution in [-0.4, -0.2) is 38.1 Å². The van der Waals surface area contributed by atoms with Gasteiger partial charge in [0.15, 0.2) is 0 Å². The molecule has 0 aromatic heterocycles. The Morgan fingerprint density at radius 1 is 1.17 bits per heavy atom.